The lowest BCUT2D eigenvalue weighted by molar-refractivity contribution is -0.143. The second kappa shape index (κ2) is 10.5. The molecule has 0 radical (unpaired) electrons. The molecular formula is C25H31N7O4. The van der Waals surface area contributed by atoms with Crippen molar-refractivity contribution >= 4 is 11.9 Å². The van der Waals surface area contributed by atoms with Gasteiger partial charge in [0.2, 0.25) is 11.8 Å². The molecule has 3 aromatic rings. The summed E-state index contributed by atoms with van der Waals surface area (Å²) in [5, 5.41) is 21.2. The third kappa shape index (κ3) is 5.55. The van der Waals surface area contributed by atoms with E-state index in [1.165, 1.54) is 0 Å². The highest BCUT2D eigenvalue weighted by molar-refractivity contribution is 5.70. The van der Waals surface area contributed by atoms with Gasteiger partial charge in [0.25, 0.3) is 0 Å². The van der Waals surface area contributed by atoms with Crippen LogP contribution in [-0.4, -0.2) is 53.2 Å². The molecule has 2 aliphatic rings. The van der Waals surface area contributed by atoms with Gasteiger partial charge in [-0.15, -0.1) is 5.10 Å². The first kappa shape index (κ1) is 24.0. The van der Waals surface area contributed by atoms with Crippen LogP contribution in [0.15, 0.2) is 24.4 Å². The van der Waals surface area contributed by atoms with Crippen molar-refractivity contribution < 1.29 is 19.4 Å². The maximum Gasteiger partial charge on any atom is 0.306 e. The Kier molecular flexibility index (Phi) is 6.97. The molecule has 0 aromatic carbocycles. The van der Waals surface area contributed by atoms with E-state index in [4.69, 9.17) is 14.5 Å². The molecule has 3 aromatic heterocycles. The van der Waals surface area contributed by atoms with Crippen LogP contribution in [0.3, 0.4) is 0 Å². The average molecular weight is 494 g/mol. The fourth-order valence-electron chi connectivity index (χ4n) is 4.42. The van der Waals surface area contributed by atoms with Gasteiger partial charge in [0, 0.05) is 19.3 Å². The van der Waals surface area contributed by atoms with Crippen LogP contribution in [0.2, 0.25) is 0 Å². The van der Waals surface area contributed by atoms with Crippen LogP contribution in [0.25, 0.3) is 11.4 Å². The molecule has 0 unspecified atom stereocenters. The first-order valence-corrected chi connectivity index (χ1v) is 12.5. The van der Waals surface area contributed by atoms with Crippen molar-refractivity contribution in [2.45, 2.75) is 70.6 Å². The van der Waals surface area contributed by atoms with Gasteiger partial charge < -0.3 is 19.9 Å². The van der Waals surface area contributed by atoms with Gasteiger partial charge >= 0.3 is 5.97 Å². The molecule has 11 nitrogen and oxygen atoms in total. The normalized spacial score (nSPS) is 19.6. The van der Waals surface area contributed by atoms with Gasteiger partial charge in [-0.05, 0) is 57.1 Å². The number of carboxylic acid groups (broad SMARTS) is 1. The number of aliphatic carboxylic acids is 1. The van der Waals surface area contributed by atoms with Crippen molar-refractivity contribution in [2.24, 2.45) is 13.0 Å². The molecule has 0 amide bonds. The Labute approximate surface area is 209 Å². The Bertz CT molecular complexity index is 1230. The van der Waals surface area contributed by atoms with Gasteiger partial charge in [-0.2, -0.15) is 4.98 Å². The van der Waals surface area contributed by atoms with E-state index < -0.39 is 5.97 Å². The minimum Gasteiger partial charge on any atom is -0.488 e. The topological polar surface area (TPSA) is 137 Å². The minimum atomic E-state index is -0.746. The Morgan fingerprint density at radius 1 is 1.14 bits per heavy atom. The van der Waals surface area contributed by atoms with Crippen LogP contribution >= 0.6 is 0 Å². The maximum atomic E-state index is 11.4. The van der Waals surface area contributed by atoms with Gasteiger partial charge in [-0.1, -0.05) is 12.1 Å². The van der Waals surface area contributed by atoms with E-state index in [0.29, 0.717) is 54.8 Å². The third-order valence-corrected chi connectivity index (χ3v) is 6.58. The quantitative estimate of drug-likeness (QED) is 0.432. The van der Waals surface area contributed by atoms with Gasteiger partial charge in [-0.25, -0.2) is 14.6 Å². The van der Waals surface area contributed by atoms with Crippen molar-refractivity contribution in [1.82, 2.24) is 29.9 Å². The molecule has 2 aliphatic carbocycles. The molecule has 0 saturated heterocycles. The van der Waals surface area contributed by atoms with Crippen molar-refractivity contribution in [3.63, 3.8) is 0 Å². The zero-order valence-electron chi connectivity index (χ0n) is 20.6. The first-order chi connectivity index (χ1) is 17.5. The summed E-state index contributed by atoms with van der Waals surface area (Å²) >= 11 is 0. The number of ether oxygens (including phenoxy) is 2. The third-order valence-electron chi connectivity index (χ3n) is 6.58. The van der Waals surface area contributed by atoms with E-state index in [1.807, 2.05) is 26.1 Å². The lowest BCUT2D eigenvalue weighted by Gasteiger charge is -2.28. The molecule has 5 rings (SSSR count). The number of carbonyl (C=O) groups is 1. The predicted octanol–water partition coefficient (Wildman–Crippen LogP) is 3.41. The largest absolute Gasteiger partial charge is 0.488 e. The van der Waals surface area contributed by atoms with Crippen LogP contribution in [0, 0.1) is 5.92 Å². The van der Waals surface area contributed by atoms with E-state index >= 15 is 0 Å². The molecule has 2 N–H and O–H groups in total. The Morgan fingerprint density at radius 3 is 2.78 bits per heavy atom. The highest BCUT2D eigenvalue weighted by Gasteiger charge is 2.29. The van der Waals surface area contributed by atoms with Gasteiger partial charge in [0.05, 0.1) is 35.6 Å². The Balaban J connectivity index is 1.30. The summed E-state index contributed by atoms with van der Waals surface area (Å²) in [7, 11) is 1.83. The SMILES string of the molecule is CCc1nc(-c2nnn(C)c2CNc2nccc(OC3CC3)n2)ccc1O[C@H]1CCC[C@H](C(=O)O)C1. The lowest BCUT2D eigenvalue weighted by Crippen LogP contribution is -2.29. The molecule has 190 valence electrons. The minimum absolute atomic E-state index is 0.117. The van der Waals surface area contributed by atoms with Gasteiger partial charge in [-0.3, -0.25) is 4.79 Å². The highest BCUT2D eigenvalue weighted by Crippen LogP contribution is 2.31. The number of nitrogens with one attached hydrogen (secondary N) is 1. The summed E-state index contributed by atoms with van der Waals surface area (Å²) in [6.45, 7) is 2.43. The highest BCUT2D eigenvalue weighted by atomic mass is 16.5. The van der Waals surface area contributed by atoms with E-state index in [-0.39, 0.29) is 18.1 Å². The van der Waals surface area contributed by atoms with Crippen molar-refractivity contribution in [3.05, 3.63) is 35.8 Å². The summed E-state index contributed by atoms with van der Waals surface area (Å²) in [5.74, 6) is 0.639. The molecule has 0 spiro atoms. The number of aromatic nitrogens is 6. The Morgan fingerprint density at radius 2 is 2.00 bits per heavy atom. The summed E-state index contributed by atoms with van der Waals surface area (Å²) < 4.78 is 13.7. The number of anilines is 1. The fraction of sp³-hybridized carbons (Fsp3) is 0.520. The smallest absolute Gasteiger partial charge is 0.306 e. The van der Waals surface area contributed by atoms with Crippen LogP contribution in [0.5, 0.6) is 11.6 Å². The molecule has 36 heavy (non-hydrogen) atoms. The number of nitrogens with zero attached hydrogens (tertiary/aromatic N) is 6. The van der Waals surface area contributed by atoms with Crippen LogP contribution < -0.4 is 14.8 Å². The van der Waals surface area contributed by atoms with Crippen molar-refractivity contribution in [1.29, 1.82) is 0 Å². The second-order valence-corrected chi connectivity index (χ2v) is 9.33. The number of hydrogen-bond donors (Lipinski definition) is 2. The van der Waals surface area contributed by atoms with E-state index in [1.54, 1.807) is 16.9 Å². The van der Waals surface area contributed by atoms with Crippen molar-refractivity contribution in [2.75, 3.05) is 5.32 Å². The van der Waals surface area contributed by atoms with Gasteiger partial charge in [0.1, 0.15) is 17.5 Å². The number of carboxylic acids is 1. The molecule has 2 saturated carbocycles. The number of hydrogen-bond acceptors (Lipinski definition) is 9. The monoisotopic (exact) mass is 493 g/mol. The van der Waals surface area contributed by atoms with E-state index in [0.717, 1.165) is 37.1 Å². The zero-order chi connectivity index (χ0) is 25.1. The Hall–Kier alpha value is -3.76. The van der Waals surface area contributed by atoms with Crippen LogP contribution in [-0.2, 0) is 24.8 Å². The maximum absolute atomic E-state index is 11.4. The van der Waals surface area contributed by atoms with Crippen molar-refractivity contribution in [3.8, 4) is 23.0 Å². The molecule has 2 atom stereocenters. The van der Waals surface area contributed by atoms with E-state index in [9.17, 15) is 9.90 Å². The average Bonchev–Trinajstić information content (AvgIpc) is 3.62. The molecule has 0 bridgehead atoms. The predicted molar refractivity (Wildman–Crippen MR) is 131 cm³/mol. The van der Waals surface area contributed by atoms with Crippen LogP contribution in [0.4, 0.5) is 5.95 Å². The summed E-state index contributed by atoms with van der Waals surface area (Å²) in [4.78, 5) is 25.0. The number of aryl methyl sites for hydroxylation is 2. The lowest BCUT2D eigenvalue weighted by atomic mass is 9.87. The first-order valence-electron chi connectivity index (χ1n) is 12.5. The fourth-order valence-corrected chi connectivity index (χ4v) is 4.42. The van der Waals surface area contributed by atoms with E-state index in [2.05, 4.69) is 25.6 Å². The summed E-state index contributed by atoms with van der Waals surface area (Å²) in [5.41, 5.74) is 3.01. The van der Waals surface area contributed by atoms with Gasteiger partial charge in [0.15, 0.2) is 0 Å². The molecular weight excluding hydrogens is 462 g/mol. The summed E-state index contributed by atoms with van der Waals surface area (Å²) in [6, 6.07) is 5.54. The van der Waals surface area contributed by atoms with Crippen LogP contribution in [0.1, 0.15) is 56.8 Å². The zero-order valence-corrected chi connectivity index (χ0v) is 20.6. The standard InChI is InChI=1S/C25H31N7O4/c1-3-18-21(35-17-6-4-5-15(13-17)24(33)34)10-9-19(28-18)23-20(32(2)31-30-23)14-27-25-26-12-11-22(29-25)36-16-7-8-16/h9-12,15-17H,3-8,13-14H2,1-2H3,(H,33,34)(H,26,27,29)/t15-,17-/m0/s1. The number of rotatable bonds is 10. The summed E-state index contributed by atoms with van der Waals surface area (Å²) in [6.07, 6.45) is 7.56. The second-order valence-electron chi connectivity index (χ2n) is 9.33. The molecule has 2 fully saturated rings. The molecule has 0 aliphatic heterocycles. The molecule has 3 heterocycles. The molecule has 11 heteroatoms. The number of pyridine rings is 1.